The van der Waals surface area contributed by atoms with Crippen molar-refractivity contribution in [3.05, 3.63) is 0 Å². The molecule has 0 aromatic rings. The molecule has 0 unspecified atom stereocenters. The second-order valence-corrected chi connectivity index (χ2v) is 6.75. The number of amides is 1. The van der Waals surface area contributed by atoms with Crippen molar-refractivity contribution >= 4 is 6.09 Å². The lowest BCUT2D eigenvalue weighted by Gasteiger charge is -2.48. The molecule has 1 saturated heterocycles. The van der Waals surface area contributed by atoms with E-state index in [9.17, 15) is 4.79 Å². The molecular weight excluding hydrogens is 202 g/mol. The fourth-order valence-corrected chi connectivity index (χ4v) is 2.45. The Balaban J connectivity index is 2.38. The standard InChI is InChI=1S/C13H25NO2/c1-10(2)7-13(6)8-14(9-13)11(15)16-12(3,4)5/h10H,7-9H2,1-6H3. The maximum Gasteiger partial charge on any atom is 0.410 e. The van der Waals surface area contributed by atoms with E-state index in [1.807, 2.05) is 20.8 Å². The molecule has 0 spiro atoms. The smallest absolute Gasteiger partial charge is 0.410 e. The summed E-state index contributed by atoms with van der Waals surface area (Å²) >= 11 is 0. The number of hydrogen-bond donors (Lipinski definition) is 0. The highest BCUT2D eigenvalue weighted by molar-refractivity contribution is 5.69. The van der Waals surface area contributed by atoms with Crippen LogP contribution in [0.3, 0.4) is 0 Å². The van der Waals surface area contributed by atoms with Crippen molar-refractivity contribution < 1.29 is 9.53 Å². The highest BCUT2D eigenvalue weighted by atomic mass is 16.6. The summed E-state index contributed by atoms with van der Waals surface area (Å²) in [6.07, 6.45) is 1.00. The van der Waals surface area contributed by atoms with Gasteiger partial charge in [0.05, 0.1) is 0 Å². The van der Waals surface area contributed by atoms with Gasteiger partial charge in [-0.1, -0.05) is 20.8 Å². The zero-order chi connectivity index (χ0) is 12.6. The summed E-state index contributed by atoms with van der Waals surface area (Å²) in [7, 11) is 0. The third kappa shape index (κ3) is 3.69. The monoisotopic (exact) mass is 227 g/mol. The van der Waals surface area contributed by atoms with E-state index in [1.165, 1.54) is 6.42 Å². The van der Waals surface area contributed by atoms with Crippen LogP contribution in [0, 0.1) is 11.3 Å². The summed E-state index contributed by atoms with van der Waals surface area (Å²) in [5.41, 5.74) is -0.0911. The Kier molecular flexibility index (Phi) is 3.56. The van der Waals surface area contributed by atoms with Crippen LogP contribution in [0.4, 0.5) is 4.79 Å². The van der Waals surface area contributed by atoms with Crippen LogP contribution in [-0.4, -0.2) is 29.7 Å². The lowest BCUT2D eigenvalue weighted by atomic mass is 9.76. The largest absolute Gasteiger partial charge is 0.444 e. The van der Waals surface area contributed by atoms with Crippen LogP contribution in [0.25, 0.3) is 0 Å². The van der Waals surface area contributed by atoms with Crippen molar-refractivity contribution in [1.29, 1.82) is 0 Å². The minimum absolute atomic E-state index is 0.172. The molecule has 0 radical (unpaired) electrons. The molecule has 16 heavy (non-hydrogen) atoms. The van der Waals surface area contributed by atoms with Crippen LogP contribution in [-0.2, 0) is 4.74 Å². The predicted molar refractivity (Wildman–Crippen MR) is 65.4 cm³/mol. The van der Waals surface area contributed by atoms with Crippen LogP contribution in [0.15, 0.2) is 0 Å². The minimum Gasteiger partial charge on any atom is -0.444 e. The first kappa shape index (κ1) is 13.3. The van der Waals surface area contributed by atoms with Crippen LogP contribution in [0.5, 0.6) is 0 Å². The Hall–Kier alpha value is -0.730. The van der Waals surface area contributed by atoms with Gasteiger partial charge in [0, 0.05) is 18.5 Å². The van der Waals surface area contributed by atoms with Crippen molar-refractivity contribution in [2.24, 2.45) is 11.3 Å². The van der Waals surface area contributed by atoms with Gasteiger partial charge in [0.25, 0.3) is 0 Å². The van der Waals surface area contributed by atoms with Gasteiger partial charge in [-0.2, -0.15) is 0 Å². The summed E-state index contributed by atoms with van der Waals surface area (Å²) < 4.78 is 5.33. The molecule has 0 aliphatic carbocycles. The van der Waals surface area contributed by atoms with Crippen LogP contribution in [0.1, 0.15) is 48.0 Å². The number of nitrogens with zero attached hydrogens (tertiary/aromatic N) is 1. The summed E-state index contributed by atoms with van der Waals surface area (Å²) in [5, 5.41) is 0. The fourth-order valence-electron chi connectivity index (χ4n) is 2.45. The molecule has 0 aromatic carbocycles. The maximum absolute atomic E-state index is 11.7. The summed E-state index contributed by atoms with van der Waals surface area (Å²) in [5.74, 6) is 0.686. The van der Waals surface area contributed by atoms with Gasteiger partial charge >= 0.3 is 6.09 Å². The number of rotatable bonds is 2. The second kappa shape index (κ2) is 4.27. The maximum atomic E-state index is 11.7. The molecule has 1 heterocycles. The zero-order valence-electron chi connectivity index (χ0n) is 11.5. The highest BCUT2D eigenvalue weighted by Crippen LogP contribution is 2.36. The van der Waals surface area contributed by atoms with Crippen molar-refractivity contribution in [1.82, 2.24) is 4.90 Å². The van der Waals surface area contributed by atoms with E-state index in [-0.39, 0.29) is 11.7 Å². The van der Waals surface area contributed by atoms with Gasteiger partial charge in [-0.15, -0.1) is 0 Å². The zero-order valence-corrected chi connectivity index (χ0v) is 11.5. The first-order valence-electron chi connectivity index (χ1n) is 6.09. The van der Waals surface area contributed by atoms with E-state index in [0.29, 0.717) is 11.3 Å². The minimum atomic E-state index is -0.388. The Bertz CT molecular complexity index is 260. The first-order valence-corrected chi connectivity index (χ1v) is 6.09. The molecule has 3 heteroatoms. The molecule has 0 aromatic heterocycles. The van der Waals surface area contributed by atoms with Gasteiger partial charge in [-0.05, 0) is 33.1 Å². The second-order valence-electron chi connectivity index (χ2n) is 6.75. The summed E-state index contributed by atoms with van der Waals surface area (Å²) in [6, 6.07) is 0. The summed E-state index contributed by atoms with van der Waals surface area (Å²) in [6.45, 7) is 14.1. The first-order chi connectivity index (χ1) is 7.11. The van der Waals surface area contributed by atoms with E-state index in [1.54, 1.807) is 4.90 Å². The van der Waals surface area contributed by atoms with E-state index in [4.69, 9.17) is 4.74 Å². The fraction of sp³-hybridized carbons (Fsp3) is 0.923. The third-order valence-corrected chi connectivity index (χ3v) is 2.70. The molecule has 1 amide bonds. The molecule has 0 saturated carbocycles. The lowest BCUT2D eigenvalue weighted by molar-refractivity contribution is -0.0344. The topological polar surface area (TPSA) is 29.5 Å². The Morgan fingerprint density at radius 3 is 2.25 bits per heavy atom. The molecule has 0 atom stereocenters. The summed E-state index contributed by atoms with van der Waals surface area (Å²) in [4.78, 5) is 13.5. The Morgan fingerprint density at radius 1 is 1.38 bits per heavy atom. The molecule has 0 N–H and O–H groups in total. The third-order valence-electron chi connectivity index (χ3n) is 2.70. The van der Waals surface area contributed by atoms with E-state index in [2.05, 4.69) is 20.8 Å². The Morgan fingerprint density at radius 2 is 1.88 bits per heavy atom. The van der Waals surface area contributed by atoms with Crippen molar-refractivity contribution in [3.63, 3.8) is 0 Å². The SMILES string of the molecule is CC(C)CC1(C)CN(C(=O)OC(C)(C)C)C1. The average Bonchev–Trinajstić information content (AvgIpc) is 1.94. The van der Waals surface area contributed by atoms with Gasteiger partial charge in [0.1, 0.15) is 5.60 Å². The van der Waals surface area contributed by atoms with Crippen molar-refractivity contribution in [2.75, 3.05) is 13.1 Å². The Labute approximate surface area is 99.1 Å². The molecule has 3 nitrogen and oxygen atoms in total. The highest BCUT2D eigenvalue weighted by Gasteiger charge is 2.42. The van der Waals surface area contributed by atoms with Crippen LogP contribution >= 0.6 is 0 Å². The molecule has 1 aliphatic rings. The molecule has 1 rings (SSSR count). The van der Waals surface area contributed by atoms with E-state index < -0.39 is 0 Å². The average molecular weight is 227 g/mol. The molecular formula is C13H25NO2. The van der Waals surface area contributed by atoms with Gasteiger partial charge in [0.15, 0.2) is 0 Å². The molecule has 0 bridgehead atoms. The number of likely N-dealkylation sites (tertiary alicyclic amines) is 1. The van der Waals surface area contributed by atoms with Gasteiger partial charge in [0.2, 0.25) is 0 Å². The van der Waals surface area contributed by atoms with Crippen LogP contribution < -0.4 is 0 Å². The van der Waals surface area contributed by atoms with E-state index in [0.717, 1.165) is 13.1 Å². The van der Waals surface area contributed by atoms with E-state index >= 15 is 0 Å². The molecule has 1 aliphatic heterocycles. The van der Waals surface area contributed by atoms with Gasteiger partial charge in [-0.3, -0.25) is 0 Å². The van der Waals surface area contributed by atoms with Gasteiger partial charge < -0.3 is 9.64 Å². The van der Waals surface area contributed by atoms with Gasteiger partial charge in [-0.25, -0.2) is 4.79 Å². The number of carbonyl (C=O) groups is 1. The van der Waals surface area contributed by atoms with Crippen molar-refractivity contribution in [2.45, 2.75) is 53.6 Å². The lowest BCUT2D eigenvalue weighted by Crippen LogP contribution is -2.58. The van der Waals surface area contributed by atoms with Crippen LogP contribution in [0.2, 0.25) is 0 Å². The predicted octanol–water partition coefficient (Wildman–Crippen LogP) is 3.29. The number of carbonyl (C=O) groups excluding carboxylic acids is 1. The number of ether oxygens (including phenoxy) is 1. The van der Waals surface area contributed by atoms with Crippen molar-refractivity contribution in [3.8, 4) is 0 Å². The quantitative estimate of drug-likeness (QED) is 0.724. The number of hydrogen-bond acceptors (Lipinski definition) is 2. The normalized spacial score (nSPS) is 19.6. The molecule has 94 valence electrons. The molecule has 1 fully saturated rings.